The highest BCUT2D eigenvalue weighted by Gasteiger charge is 2.24. The standard InChI is InChI=1S/C21H20N8O4S/c1-12(13-8-9-16(30)17(10-13)32-2)23-25-21(31)18-15(11-34-14-6-4-3-5-7-14)29(28-24-18)20-19(22)26-33-27-20/h3-10,30H,11H2,1-2H3,(H2,22,26)(H,25,31)/b23-12+. The largest absolute Gasteiger partial charge is 0.504 e. The number of rotatable bonds is 8. The van der Waals surface area contributed by atoms with Gasteiger partial charge in [0.05, 0.1) is 18.5 Å². The van der Waals surface area contributed by atoms with E-state index in [1.807, 2.05) is 30.3 Å². The number of amides is 1. The minimum atomic E-state index is -0.574. The third-order valence-electron chi connectivity index (χ3n) is 4.72. The second kappa shape index (κ2) is 10.0. The second-order valence-electron chi connectivity index (χ2n) is 6.90. The molecule has 0 saturated heterocycles. The zero-order valence-corrected chi connectivity index (χ0v) is 19.0. The molecule has 34 heavy (non-hydrogen) atoms. The van der Waals surface area contributed by atoms with Gasteiger partial charge in [-0.05, 0) is 47.6 Å². The monoisotopic (exact) mass is 480 g/mol. The second-order valence-corrected chi connectivity index (χ2v) is 7.94. The fraction of sp³-hybridized carbons (Fsp3) is 0.143. The Balaban J connectivity index is 1.60. The van der Waals surface area contributed by atoms with Gasteiger partial charge in [-0.15, -0.1) is 16.9 Å². The highest BCUT2D eigenvalue weighted by Crippen LogP contribution is 2.27. The summed E-state index contributed by atoms with van der Waals surface area (Å²) in [6.45, 7) is 1.71. The van der Waals surface area contributed by atoms with E-state index < -0.39 is 5.91 Å². The van der Waals surface area contributed by atoms with Gasteiger partial charge in [0.2, 0.25) is 11.6 Å². The lowest BCUT2D eigenvalue weighted by atomic mass is 10.1. The summed E-state index contributed by atoms with van der Waals surface area (Å²) in [6, 6.07) is 14.4. The highest BCUT2D eigenvalue weighted by molar-refractivity contribution is 7.98. The van der Waals surface area contributed by atoms with E-state index in [0.29, 0.717) is 28.5 Å². The third kappa shape index (κ3) is 4.83. The number of nitrogen functional groups attached to an aromatic ring is 1. The first kappa shape index (κ1) is 22.8. The summed E-state index contributed by atoms with van der Waals surface area (Å²) < 4.78 is 11.1. The van der Waals surface area contributed by atoms with Crippen LogP contribution in [0.25, 0.3) is 5.82 Å². The summed E-state index contributed by atoms with van der Waals surface area (Å²) in [6.07, 6.45) is 0. The Bertz CT molecular complexity index is 1340. The van der Waals surface area contributed by atoms with Crippen LogP contribution in [-0.2, 0) is 5.75 Å². The Hall–Kier alpha value is -4.39. The zero-order chi connectivity index (χ0) is 24.1. The molecule has 4 aromatic rings. The number of aromatic hydroxyl groups is 1. The number of hydrazone groups is 1. The van der Waals surface area contributed by atoms with Gasteiger partial charge >= 0.3 is 0 Å². The van der Waals surface area contributed by atoms with Crippen molar-refractivity contribution in [1.82, 2.24) is 30.7 Å². The number of hydrogen-bond acceptors (Lipinski definition) is 11. The normalized spacial score (nSPS) is 11.4. The van der Waals surface area contributed by atoms with Gasteiger partial charge in [-0.25, -0.2) is 10.1 Å². The minimum absolute atomic E-state index is 0.00174. The number of benzene rings is 2. The van der Waals surface area contributed by atoms with Crippen LogP contribution in [0.1, 0.15) is 28.7 Å². The van der Waals surface area contributed by atoms with Gasteiger partial charge in [0, 0.05) is 16.2 Å². The minimum Gasteiger partial charge on any atom is -0.504 e. The van der Waals surface area contributed by atoms with Gasteiger partial charge in [0.1, 0.15) is 0 Å². The van der Waals surface area contributed by atoms with Crippen LogP contribution >= 0.6 is 11.8 Å². The number of methoxy groups -OCH3 is 1. The molecule has 0 aliphatic rings. The number of anilines is 1. The number of phenols is 1. The molecular weight excluding hydrogens is 460 g/mol. The predicted octanol–water partition coefficient (Wildman–Crippen LogP) is 2.39. The summed E-state index contributed by atoms with van der Waals surface area (Å²) in [5.74, 6) is 0.200. The van der Waals surface area contributed by atoms with E-state index in [-0.39, 0.29) is 23.1 Å². The molecule has 0 bridgehead atoms. The van der Waals surface area contributed by atoms with Gasteiger partial charge in [0.25, 0.3) is 5.91 Å². The van der Waals surface area contributed by atoms with Crippen molar-refractivity contribution in [3.05, 3.63) is 65.5 Å². The molecule has 174 valence electrons. The summed E-state index contributed by atoms with van der Waals surface area (Å²) in [4.78, 5) is 13.9. The fourth-order valence-electron chi connectivity index (χ4n) is 2.94. The molecule has 0 aliphatic heterocycles. The zero-order valence-electron chi connectivity index (χ0n) is 18.2. The molecule has 0 radical (unpaired) electrons. The van der Waals surface area contributed by atoms with Crippen LogP contribution in [0.15, 0.2) is 63.2 Å². The van der Waals surface area contributed by atoms with Crippen molar-refractivity contribution in [3.63, 3.8) is 0 Å². The van der Waals surface area contributed by atoms with Crippen LogP contribution in [0, 0.1) is 0 Å². The predicted molar refractivity (Wildman–Crippen MR) is 124 cm³/mol. The third-order valence-corrected chi connectivity index (χ3v) is 5.74. The van der Waals surface area contributed by atoms with E-state index in [9.17, 15) is 9.90 Å². The van der Waals surface area contributed by atoms with Crippen molar-refractivity contribution in [1.29, 1.82) is 0 Å². The number of ether oxygens (including phenoxy) is 1. The van der Waals surface area contributed by atoms with Crippen molar-refractivity contribution in [2.24, 2.45) is 5.10 Å². The van der Waals surface area contributed by atoms with Crippen LogP contribution < -0.4 is 15.9 Å². The van der Waals surface area contributed by atoms with Gasteiger partial charge in [-0.2, -0.15) is 9.78 Å². The molecule has 4 rings (SSSR count). The smallest absolute Gasteiger partial charge is 0.293 e. The lowest BCUT2D eigenvalue weighted by Gasteiger charge is -2.07. The molecular formula is C21H20N8O4S. The number of thioether (sulfide) groups is 1. The number of phenolic OH excluding ortho intramolecular Hbond substituents is 1. The molecule has 0 aliphatic carbocycles. The Kier molecular flexibility index (Phi) is 6.73. The maximum Gasteiger partial charge on any atom is 0.293 e. The van der Waals surface area contributed by atoms with Gasteiger partial charge in [-0.1, -0.05) is 23.4 Å². The Morgan fingerprint density at radius 3 is 2.76 bits per heavy atom. The Labute approximate surface area is 197 Å². The lowest BCUT2D eigenvalue weighted by molar-refractivity contribution is 0.0949. The van der Waals surface area contributed by atoms with Crippen molar-refractivity contribution in [2.75, 3.05) is 12.8 Å². The van der Waals surface area contributed by atoms with E-state index >= 15 is 0 Å². The van der Waals surface area contributed by atoms with E-state index in [4.69, 9.17) is 10.5 Å². The molecule has 0 atom stereocenters. The molecule has 0 spiro atoms. The number of nitrogens with zero attached hydrogens (tertiary/aromatic N) is 6. The molecule has 1 amide bonds. The summed E-state index contributed by atoms with van der Waals surface area (Å²) >= 11 is 1.48. The lowest BCUT2D eigenvalue weighted by Crippen LogP contribution is -2.21. The fourth-order valence-corrected chi connectivity index (χ4v) is 3.85. The van der Waals surface area contributed by atoms with Crippen LogP contribution in [0.3, 0.4) is 0 Å². The van der Waals surface area contributed by atoms with E-state index in [1.165, 1.54) is 29.6 Å². The summed E-state index contributed by atoms with van der Waals surface area (Å²) in [5.41, 5.74) is 9.94. The van der Waals surface area contributed by atoms with Crippen molar-refractivity contribution in [3.8, 4) is 17.3 Å². The molecule has 0 fully saturated rings. The van der Waals surface area contributed by atoms with Gasteiger partial charge in [-0.3, -0.25) is 4.79 Å². The molecule has 12 nitrogen and oxygen atoms in total. The first-order chi connectivity index (χ1) is 16.5. The maximum atomic E-state index is 13.0. The van der Waals surface area contributed by atoms with Crippen molar-refractivity contribution in [2.45, 2.75) is 17.6 Å². The molecule has 0 unspecified atom stereocenters. The van der Waals surface area contributed by atoms with Crippen molar-refractivity contribution < 1.29 is 19.3 Å². The average molecular weight is 481 g/mol. The van der Waals surface area contributed by atoms with Crippen LogP contribution in [0.5, 0.6) is 11.5 Å². The van der Waals surface area contributed by atoms with Crippen molar-refractivity contribution >= 4 is 29.2 Å². The number of hydrogen-bond donors (Lipinski definition) is 3. The molecule has 13 heteroatoms. The Morgan fingerprint density at radius 2 is 2.06 bits per heavy atom. The van der Waals surface area contributed by atoms with Crippen LogP contribution in [0.2, 0.25) is 0 Å². The van der Waals surface area contributed by atoms with E-state index in [1.54, 1.807) is 19.1 Å². The molecule has 2 heterocycles. The first-order valence-electron chi connectivity index (χ1n) is 9.90. The molecule has 0 saturated carbocycles. The molecule has 2 aromatic carbocycles. The molecule has 4 N–H and O–H groups in total. The van der Waals surface area contributed by atoms with Crippen LogP contribution in [0.4, 0.5) is 5.82 Å². The first-order valence-corrected chi connectivity index (χ1v) is 10.9. The SMILES string of the molecule is COc1cc(/C(C)=N/NC(=O)c2nnn(-c3nonc3N)c2CSc2ccccc2)ccc1O. The molecule has 2 aromatic heterocycles. The Morgan fingerprint density at radius 1 is 1.26 bits per heavy atom. The highest BCUT2D eigenvalue weighted by atomic mass is 32.2. The van der Waals surface area contributed by atoms with Gasteiger partial charge in [0.15, 0.2) is 17.2 Å². The topological polar surface area (TPSA) is 167 Å². The summed E-state index contributed by atoms with van der Waals surface area (Å²) in [5, 5.41) is 29.3. The van der Waals surface area contributed by atoms with Crippen LogP contribution in [-0.4, -0.2) is 49.1 Å². The quantitative estimate of drug-likeness (QED) is 0.193. The van der Waals surface area contributed by atoms with E-state index in [2.05, 4.69) is 35.8 Å². The number of aromatic nitrogens is 5. The average Bonchev–Trinajstić information content (AvgIpc) is 3.47. The van der Waals surface area contributed by atoms with E-state index in [0.717, 1.165) is 4.90 Å². The van der Waals surface area contributed by atoms with Gasteiger partial charge < -0.3 is 15.6 Å². The maximum absolute atomic E-state index is 13.0. The number of carbonyl (C=O) groups is 1. The number of nitrogens with two attached hydrogens (primary N) is 1. The summed E-state index contributed by atoms with van der Waals surface area (Å²) in [7, 11) is 1.45. The number of nitrogens with one attached hydrogen (secondary N) is 1. The number of carbonyl (C=O) groups excluding carboxylic acids is 1.